The van der Waals surface area contributed by atoms with Crippen molar-refractivity contribution in [3.05, 3.63) is 34.7 Å². The van der Waals surface area contributed by atoms with E-state index >= 15 is 0 Å². The third kappa shape index (κ3) is 2.22. The quantitative estimate of drug-likeness (QED) is 0.862. The van der Waals surface area contributed by atoms with Gasteiger partial charge in [-0.3, -0.25) is 4.79 Å². The van der Waals surface area contributed by atoms with Crippen molar-refractivity contribution >= 4 is 17.4 Å². The smallest absolute Gasteiger partial charge is 0.226 e. The lowest BCUT2D eigenvalue weighted by Crippen LogP contribution is -2.23. The third-order valence-corrected chi connectivity index (χ3v) is 4.00. The van der Waals surface area contributed by atoms with Crippen molar-refractivity contribution in [2.45, 2.75) is 46.5 Å². The maximum atomic E-state index is 12.0. The molecule has 1 aliphatic rings. The van der Waals surface area contributed by atoms with Gasteiger partial charge in [0.1, 0.15) is 0 Å². The molecule has 0 fully saturated rings. The number of carbonyl (C=O) groups excluding carboxylic acids is 1. The van der Waals surface area contributed by atoms with Gasteiger partial charge >= 0.3 is 0 Å². The molecule has 0 radical (unpaired) electrons. The van der Waals surface area contributed by atoms with Crippen LogP contribution in [0.3, 0.4) is 0 Å². The van der Waals surface area contributed by atoms with E-state index in [4.69, 9.17) is 0 Å². The van der Waals surface area contributed by atoms with E-state index in [2.05, 4.69) is 35.3 Å². The Labute approximate surface area is 124 Å². The molecule has 110 valence electrons. The average molecular weight is 284 g/mol. The second-order valence-electron chi connectivity index (χ2n) is 5.70. The van der Waals surface area contributed by atoms with Crippen molar-refractivity contribution in [1.82, 2.24) is 14.6 Å². The number of allylic oxidation sites excluding steroid dienone is 2. The molecule has 3 heterocycles. The predicted octanol–water partition coefficient (Wildman–Crippen LogP) is 3.13. The summed E-state index contributed by atoms with van der Waals surface area (Å²) in [5.74, 6) is 0.746. The lowest BCUT2D eigenvalue weighted by molar-refractivity contribution is -0.116. The highest BCUT2D eigenvalue weighted by atomic mass is 16.1. The van der Waals surface area contributed by atoms with Crippen LogP contribution >= 0.6 is 0 Å². The first-order valence-electron chi connectivity index (χ1n) is 7.34. The van der Waals surface area contributed by atoms with Crippen LogP contribution in [0.2, 0.25) is 0 Å². The number of anilines is 1. The molecule has 1 N–H and O–H groups in total. The first kappa shape index (κ1) is 13.8. The van der Waals surface area contributed by atoms with Gasteiger partial charge in [-0.2, -0.15) is 0 Å². The molecule has 0 saturated carbocycles. The molecule has 1 atom stereocenters. The maximum absolute atomic E-state index is 12.0. The fraction of sp³-hybridized carbons (Fsp3) is 0.438. The van der Waals surface area contributed by atoms with E-state index in [1.54, 1.807) is 0 Å². The largest absolute Gasteiger partial charge is 0.309 e. The van der Waals surface area contributed by atoms with Gasteiger partial charge in [0.2, 0.25) is 5.91 Å². The monoisotopic (exact) mass is 284 g/mol. The number of aryl methyl sites for hydroxylation is 2. The van der Waals surface area contributed by atoms with Gasteiger partial charge in [0.25, 0.3) is 0 Å². The number of fused-ring (bicyclic) bond motifs is 3. The van der Waals surface area contributed by atoms with Crippen LogP contribution in [0.15, 0.2) is 17.7 Å². The van der Waals surface area contributed by atoms with Crippen molar-refractivity contribution < 1.29 is 4.79 Å². The van der Waals surface area contributed by atoms with Crippen LogP contribution in [0.1, 0.15) is 49.6 Å². The van der Waals surface area contributed by atoms with Crippen LogP contribution in [-0.4, -0.2) is 20.5 Å². The summed E-state index contributed by atoms with van der Waals surface area (Å²) < 4.78 is 1.83. The van der Waals surface area contributed by atoms with Crippen molar-refractivity contribution in [3.8, 4) is 0 Å². The maximum Gasteiger partial charge on any atom is 0.226 e. The lowest BCUT2D eigenvalue weighted by atomic mass is 9.87. The molecular formula is C16H20N4O. The molecular weight excluding hydrogens is 264 g/mol. The number of rotatable bonds is 2. The zero-order valence-electron chi connectivity index (χ0n) is 12.9. The lowest BCUT2D eigenvalue weighted by Gasteiger charge is -2.22. The van der Waals surface area contributed by atoms with E-state index in [9.17, 15) is 4.79 Å². The van der Waals surface area contributed by atoms with E-state index in [0.29, 0.717) is 12.2 Å². The van der Waals surface area contributed by atoms with E-state index in [0.717, 1.165) is 29.0 Å². The van der Waals surface area contributed by atoms with E-state index in [-0.39, 0.29) is 11.8 Å². The Kier molecular flexibility index (Phi) is 3.27. The van der Waals surface area contributed by atoms with Crippen molar-refractivity contribution in [1.29, 1.82) is 0 Å². The molecule has 0 bridgehead atoms. The molecule has 0 unspecified atom stereocenters. The van der Waals surface area contributed by atoms with Crippen LogP contribution < -0.4 is 5.32 Å². The topological polar surface area (TPSA) is 59.3 Å². The summed E-state index contributed by atoms with van der Waals surface area (Å²) in [6.07, 6.45) is 3.61. The number of carbonyl (C=O) groups is 1. The molecule has 0 spiro atoms. The van der Waals surface area contributed by atoms with E-state index in [1.165, 1.54) is 5.57 Å². The van der Waals surface area contributed by atoms with Gasteiger partial charge < -0.3 is 5.32 Å². The minimum Gasteiger partial charge on any atom is -0.309 e. The zero-order valence-corrected chi connectivity index (χ0v) is 12.9. The highest BCUT2D eigenvalue weighted by Crippen LogP contribution is 2.39. The Morgan fingerprint density at radius 1 is 1.52 bits per heavy atom. The number of aromatic nitrogens is 3. The fourth-order valence-electron chi connectivity index (χ4n) is 3.07. The van der Waals surface area contributed by atoms with E-state index < -0.39 is 0 Å². The molecule has 5 nitrogen and oxygen atoms in total. The average Bonchev–Trinajstić information content (AvgIpc) is 2.76. The molecule has 2 aromatic heterocycles. The van der Waals surface area contributed by atoms with Crippen LogP contribution in [0.4, 0.5) is 5.82 Å². The van der Waals surface area contributed by atoms with Gasteiger partial charge in [0.15, 0.2) is 11.5 Å². The second kappa shape index (κ2) is 4.98. The van der Waals surface area contributed by atoms with Crippen molar-refractivity contribution in [3.63, 3.8) is 0 Å². The molecule has 1 amide bonds. The Morgan fingerprint density at radius 3 is 3.00 bits per heavy atom. The number of hydrogen-bond donors (Lipinski definition) is 1. The normalized spacial score (nSPS) is 18.8. The zero-order chi connectivity index (χ0) is 15.1. The van der Waals surface area contributed by atoms with Gasteiger partial charge in [-0.25, -0.2) is 9.50 Å². The number of hydrogen-bond acceptors (Lipinski definition) is 3. The summed E-state index contributed by atoms with van der Waals surface area (Å²) >= 11 is 0. The van der Waals surface area contributed by atoms with Crippen LogP contribution in [0.5, 0.6) is 0 Å². The fourth-order valence-corrected chi connectivity index (χ4v) is 3.07. The second-order valence-corrected chi connectivity index (χ2v) is 5.70. The predicted molar refractivity (Wildman–Crippen MR) is 82.5 cm³/mol. The molecule has 5 heteroatoms. The summed E-state index contributed by atoms with van der Waals surface area (Å²) in [4.78, 5) is 16.6. The summed E-state index contributed by atoms with van der Waals surface area (Å²) in [5.41, 5.74) is 5.11. The Bertz CT molecular complexity index is 757. The summed E-state index contributed by atoms with van der Waals surface area (Å²) in [7, 11) is 0. The SMILES string of the molecule is CC/C=C(\C)[C@H]1CC(=O)Nc2nn3c(C)cc(C)nc3c21. The first-order valence-corrected chi connectivity index (χ1v) is 7.34. The molecule has 0 saturated heterocycles. The summed E-state index contributed by atoms with van der Waals surface area (Å²) in [6, 6.07) is 2.00. The highest BCUT2D eigenvalue weighted by Gasteiger charge is 2.32. The molecule has 0 aromatic carbocycles. The molecule has 21 heavy (non-hydrogen) atoms. The minimum absolute atomic E-state index is 0.0223. The van der Waals surface area contributed by atoms with Crippen LogP contribution in [0.25, 0.3) is 5.65 Å². The Morgan fingerprint density at radius 2 is 2.29 bits per heavy atom. The summed E-state index contributed by atoms with van der Waals surface area (Å²) in [6.45, 7) is 8.18. The standard InChI is InChI=1S/C16H20N4O/c1-5-6-9(2)12-8-13(21)18-15-14(12)16-17-10(3)7-11(4)20(16)19-15/h6-7,12H,5,8H2,1-4H3,(H,18,19,21)/b9-6+/t12-/m1/s1. The third-order valence-electron chi connectivity index (χ3n) is 4.00. The van der Waals surface area contributed by atoms with E-state index in [1.807, 2.05) is 24.4 Å². The van der Waals surface area contributed by atoms with Gasteiger partial charge in [0, 0.05) is 29.3 Å². The van der Waals surface area contributed by atoms with Crippen molar-refractivity contribution in [2.24, 2.45) is 0 Å². The Balaban J connectivity index is 2.27. The molecule has 1 aliphatic heterocycles. The van der Waals surface area contributed by atoms with Crippen molar-refractivity contribution in [2.75, 3.05) is 5.32 Å². The van der Waals surface area contributed by atoms with Gasteiger partial charge in [0.05, 0.1) is 0 Å². The van der Waals surface area contributed by atoms with Gasteiger partial charge in [-0.1, -0.05) is 18.6 Å². The first-order chi connectivity index (χ1) is 10.0. The minimum atomic E-state index is 0.0223. The number of nitrogens with zero attached hydrogens (tertiary/aromatic N) is 3. The Hall–Kier alpha value is -2.17. The van der Waals surface area contributed by atoms with Crippen LogP contribution in [-0.2, 0) is 4.79 Å². The number of amides is 1. The summed E-state index contributed by atoms with van der Waals surface area (Å²) in [5, 5.41) is 7.42. The number of nitrogens with one attached hydrogen (secondary N) is 1. The molecule has 0 aliphatic carbocycles. The highest BCUT2D eigenvalue weighted by molar-refractivity contribution is 5.95. The molecule has 3 rings (SSSR count). The molecule has 2 aromatic rings. The van der Waals surface area contributed by atoms with Gasteiger partial charge in [-0.15, -0.1) is 5.10 Å². The van der Waals surface area contributed by atoms with Crippen LogP contribution in [0, 0.1) is 13.8 Å². The van der Waals surface area contributed by atoms with Gasteiger partial charge in [-0.05, 0) is 33.3 Å².